The van der Waals surface area contributed by atoms with E-state index in [0.717, 1.165) is 4.47 Å². The van der Waals surface area contributed by atoms with Crippen LogP contribution in [0.5, 0.6) is 0 Å². The number of fused-ring (bicyclic) bond motifs is 1. The number of carbonyl (C=O) groups is 1. The Kier molecular flexibility index (Phi) is 3.66. The SMILES string of the molecule is CN(Cc1cccc(Br)c1)C(=O)C1C2CCCCC21. The molecule has 19 heavy (non-hydrogen) atoms. The third-order valence-electron chi connectivity index (χ3n) is 4.63. The van der Waals surface area contributed by atoms with E-state index >= 15 is 0 Å². The van der Waals surface area contributed by atoms with Gasteiger partial charge in [-0.3, -0.25) is 4.79 Å². The summed E-state index contributed by atoms with van der Waals surface area (Å²) in [6.07, 6.45) is 5.18. The molecule has 3 rings (SSSR count). The maximum Gasteiger partial charge on any atom is 0.226 e. The summed E-state index contributed by atoms with van der Waals surface area (Å²) >= 11 is 3.48. The molecule has 0 heterocycles. The Hall–Kier alpha value is -0.830. The van der Waals surface area contributed by atoms with Crippen LogP contribution in [0.15, 0.2) is 28.7 Å². The Morgan fingerprint density at radius 3 is 2.63 bits per heavy atom. The van der Waals surface area contributed by atoms with Crippen LogP contribution in [0, 0.1) is 17.8 Å². The second-order valence-electron chi connectivity index (χ2n) is 5.96. The molecule has 2 nitrogen and oxygen atoms in total. The van der Waals surface area contributed by atoms with E-state index in [-0.39, 0.29) is 0 Å². The molecule has 0 saturated heterocycles. The lowest BCUT2D eigenvalue weighted by Gasteiger charge is -2.17. The van der Waals surface area contributed by atoms with Gasteiger partial charge in [-0.05, 0) is 42.4 Å². The van der Waals surface area contributed by atoms with Gasteiger partial charge in [0.15, 0.2) is 0 Å². The molecule has 1 aromatic carbocycles. The quantitative estimate of drug-likeness (QED) is 0.828. The molecule has 2 saturated carbocycles. The minimum Gasteiger partial charge on any atom is -0.341 e. The zero-order chi connectivity index (χ0) is 13.4. The second kappa shape index (κ2) is 5.28. The third kappa shape index (κ3) is 2.71. The minimum atomic E-state index is 0.333. The van der Waals surface area contributed by atoms with Crippen LogP contribution < -0.4 is 0 Å². The molecule has 2 fully saturated rings. The van der Waals surface area contributed by atoms with Crippen LogP contribution >= 0.6 is 15.9 Å². The molecular weight excluding hydrogens is 302 g/mol. The van der Waals surface area contributed by atoms with E-state index in [2.05, 4.69) is 28.1 Å². The van der Waals surface area contributed by atoms with Gasteiger partial charge in [0, 0.05) is 24.0 Å². The summed E-state index contributed by atoms with van der Waals surface area (Å²) in [6, 6.07) is 8.20. The minimum absolute atomic E-state index is 0.333. The van der Waals surface area contributed by atoms with Crippen molar-refractivity contribution in [3.8, 4) is 0 Å². The first-order valence-corrected chi connectivity index (χ1v) is 7.95. The Labute approximate surface area is 123 Å². The van der Waals surface area contributed by atoms with Crippen molar-refractivity contribution in [2.75, 3.05) is 7.05 Å². The highest BCUT2D eigenvalue weighted by atomic mass is 79.9. The average molecular weight is 322 g/mol. The van der Waals surface area contributed by atoms with Crippen molar-refractivity contribution < 1.29 is 4.79 Å². The zero-order valence-electron chi connectivity index (χ0n) is 11.3. The molecule has 1 aromatic rings. The first-order valence-electron chi connectivity index (χ1n) is 7.16. The van der Waals surface area contributed by atoms with E-state index in [1.54, 1.807) is 0 Å². The standard InChI is InChI=1S/C16H20BrNO/c1-18(10-11-5-4-6-12(17)9-11)16(19)15-13-7-2-3-8-14(13)15/h4-6,9,13-15H,2-3,7-8,10H2,1H3. The Morgan fingerprint density at radius 1 is 1.32 bits per heavy atom. The molecule has 0 spiro atoms. The van der Waals surface area contributed by atoms with Gasteiger partial charge < -0.3 is 4.90 Å². The summed E-state index contributed by atoms with van der Waals surface area (Å²) in [6.45, 7) is 0.716. The lowest BCUT2D eigenvalue weighted by atomic mass is 10.0. The largest absolute Gasteiger partial charge is 0.341 e. The highest BCUT2D eigenvalue weighted by molar-refractivity contribution is 9.10. The molecule has 0 aliphatic heterocycles. The van der Waals surface area contributed by atoms with Crippen molar-refractivity contribution >= 4 is 21.8 Å². The summed E-state index contributed by atoms with van der Waals surface area (Å²) in [5.41, 5.74) is 1.19. The summed E-state index contributed by atoms with van der Waals surface area (Å²) in [5.74, 6) is 2.09. The molecule has 0 bridgehead atoms. The van der Waals surface area contributed by atoms with E-state index < -0.39 is 0 Å². The first kappa shape index (κ1) is 13.2. The lowest BCUT2D eigenvalue weighted by Crippen LogP contribution is -2.28. The first-order chi connectivity index (χ1) is 9.16. The van der Waals surface area contributed by atoms with Crippen molar-refractivity contribution in [2.24, 2.45) is 17.8 Å². The van der Waals surface area contributed by atoms with Crippen molar-refractivity contribution in [3.63, 3.8) is 0 Å². The van der Waals surface area contributed by atoms with E-state index in [1.165, 1.54) is 31.2 Å². The molecule has 2 aliphatic carbocycles. The fourth-order valence-corrected chi connectivity index (χ4v) is 4.05. The van der Waals surface area contributed by atoms with Crippen LogP contribution in [0.4, 0.5) is 0 Å². The van der Waals surface area contributed by atoms with Gasteiger partial charge in [0.05, 0.1) is 0 Å². The van der Waals surface area contributed by atoms with Gasteiger partial charge in [0.1, 0.15) is 0 Å². The van der Waals surface area contributed by atoms with E-state index in [1.807, 2.05) is 24.1 Å². The fourth-order valence-electron chi connectivity index (χ4n) is 3.60. The molecule has 0 N–H and O–H groups in total. The molecule has 0 radical (unpaired) electrons. The number of rotatable bonds is 3. The van der Waals surface area contributed by atoms with Crippen LogP contribution in [0.3, 0.4) is 0 Å². The number of hydrogen-bond acceptors (Lipinski definition) is 1. The highest BCUT2D eigenvalue weighted by Gasteiger charge is 2.55. The molecule has 2 unspecified atom stereocenters. The lowest BCUT2D eigenvalue weighted by molar-refractivity contribution is -0.132. The Bertz CT molecular complexity index is 475. The van der Waals surface area contributed by atoms with Crippen molar-refractivity contribution in [3.05, 3.63) is 34.3 Å². The number of hydrogen-bond donors (Lipinski definition) is 0. The van der Waals surface area contributed by atoms with Crippen molar-refractivity contribution in [1.82, 2.24) is 4.90 Å². The summed E-state index contributed by atoms with van der Waals surface area (Å²) in [5, 5.41) is 0. The number of nitrogens with zero attached hydrogens (tertiary/aromatic N) is 1. The van der Waals surface area contributed by atoms with Gasteiger partial charge in [-0.1, -0.05) is 40.9 Å². The average Bonchev–Trinajstić information content (AvgIpc) is 3.12. The molecule has 2 atom stereocenters. The van der Waals surface area contributed by atoms with Crippen LogP contribution in [-0.2, 0) is 11.3 Å². The summed E-state index contributed by atoms with van der Waals surface area (Å²) in [7, 11) is 1.94. The van der Waals surface area contributed by atoms with Crippen molar-refractivity contribution in [1.29, 1.82) is 0 Å². The predicted molar refractivity (Wildman–Crippen MR) is 79.6 cm³/mol. The van der Waals surface area contributed by atoms with Crippen molar-refractivity contribution in [2.45, 2.75) is 32.2 Å². The smallest absolute Gasteiger partial charge is 0.226 e. The number of benzene rings is 1. The van der Waals surface area contributed by atoms with Crippen LogP contribution in [0.2, 0.25) is 0 Å². The van der Waals surface area contributed by atoms with Gasteiger partial charge in [0.25, 0.3) is 0 Å². The van der Waals surface area contributed by atoms with Crippen LogP contribution in [0.25, 0.3) is 0 Å². The van der Waals surface area contributed by atoms with Gasteiger partial charge in [-0.2, -0.15) is 0 Å². The molecule has 3 heteroatoms. The maximum absolute atomic E-state index is 12.5. The Morgan fingerprint density at radius 2 is 2.00 bits per heavy atom. The molecule has 1 amide bonds. The van der Waals surface area contributed by atoms with E-state index in [4.69, 9.17) is 0 Å². The zero-order valence-corrected chi connectivity index (χ0v) is 12.9. The number of carbonyl (C=O) groups excluding carboxylic acids is 1. The Balaban J connectivity index is 1.61. The van der Waals surface area contributed by atoms with Crippen LogP contribution in [0.1, 0.15) is 31.2 Å². The predicted octanol–water partition coefficient (Wildman–Crippen LogP) is 3.84. The van der Waals surface area contributed by atoms with E-state index in [0.29, 0.717) is 30.2 Å². The molecular formula is C16H20BrNO. The van der Waals surface area contributed by atoms with Gasteiger partial charge in [-0.25, -0.2) is 0 Å². The van der Waals surface area contributed by atoms with Gasteiger partial charge >= 0.3 is 0 Å². The number of halogens is 1. The van der Waals surface area contributed by atoms with E-state index in [9.17, 15) is 4.79 Å². The normalized spacial score (nSPS) is 28.6. The maximum atomic E-state index is 12.5. The number of amides is 1. The second-order valence-corrected chi connectivity index (χ2v) is 6.88. The highest BCUT2D eigenvalue weighted by Crippen LogP contribution is 2.56. The molecule has 2 aliphatic rings. The summed E-state index contributed by atoms with van der Waals surface area (Å²) in [4.78, 5) is 14.4. The third-order valence-corrected chi connectivity index (χ3v) is 5.12. The topological polar surface area (TPSA) is 20.3 Å². The molecule has 102 valence electrons. The monoisotopic (exact) mass is 321 g/mol. The summed E-state index contributed by atoms with van der Waals surface area (Å²) < 4.78 is 1.07. The van der Waals surface area contributed by atoms with Gasteiger partial charge in [0.2, 0.25) is 5.91 Å². The van der Waals surface area contributed by atoms with Crippen LogP contribution in [-0.4, -0.2) is 17.9 Å². The molecule has 0 aromatic heterocycles. The fraction of sp³-hybridized carbons (Fsp3) is 0.562. The van der Waals surface area contributed by atoms with Gasteiger partial charge in [-0.15, -0.1) is 0 Å².